The molecule has 0 saturated heterocycles. The topological polar surface area (TPSA) is 64.3 Å². The Morgan fingerprint density at radius 2 is 2.10 bits per heavy atom. The van der Waals surface area contributed by atoms with Crippen molar-refractivity contribution in [1.82, 2.24) is 5.32 Å². The van der Waals surface area contributed by atoms with Gasteiger partial charge in [-0.1, -0.05) is 6.42 Å². The fraction of sp³-hybridized carbons (Fsp3) is 0.533. The highest BCUT2D eigenvalue weighted by atomic mass is 32.2. The van der Waals surface area contributed by atoms with Crippen LogP contribution in [0.1, 0.15) is 25.7 Å². The number of benzene rings is 1. The zero-order valence-corrected chi connectivity index (χ0v) is 12.7. The van der Waals surface area contributed by atoms with E-state index in [9.17, 15) is 4.79 Å². The van der Waals surface area contributed by atoms with Gasteiger partial charge in [-0.25, -0.2) is 0 Å². The number of thioether (sulfide) groups is 1. The Balaban J connectivity index is 1.64. The molecule has 0 radical (unpaired) electrons. The number of nitrogens with two attached hydrogens (primary N) is 1. The number of ether oxygens (including phenoxy) is 1. The summed E-state index contributed by atoms with van der Waals surface area (Å²) < 4.78 is 5.79. The molecule has 1 aliphatic carbocycles. The predicted octanol–water partition coefficient (Wildman–Crippen LogP) is 2.44. The molecule has 4 nitrogen and oxygen atoms in total. The molecule has 3 N–H and O–H groups in total. The highest BCUT2D eigenvalue weighted by molar-refractivity contribution is 8.00. The third-order valence-corrected chi connectivity index (χ3v) is 5.20. The Labute approximate surface area is 124 Å². The number of hydrogen-bond acceptors (Lipinski definition) is 4. The quantitative estimate of drug-likeness (QED) is 0.758. The standard InChI is InChI=1S/C15H22N2O2S/c1-20-15(8-2-9-15)11-17-14(18)7-10-19-13-5-3-12(16)4-6-13/h3-6H,2,7-11,16H2,1H3,(H,17,18). The van der Waals surface area contributed by atoms with E-state index in [0.717, 1.165) is 12.3 Å². The molecule has 0 unspecified atom stereocenters. The molecule has 20 heavy (non-hydrogen) atoms. The summed E-state index contributed by atoms with van der Waals surface area (Å²) in [7, 11) is 0. The number of nitrogens with one attached hydrogen (secondary N) is 1. The molecule has 0 heterocycles. The Morgan fingerprint density at radius 3 is 2.65 bits per heavy atom. The largest absolute Gasteiger partial charge is 0.493 e. The van der Waals surface area contributed by atoms with Crippen LogP contribution in [0.2, 0.25) is 0 Å². The summed E-state index contributed by atoms with van der Waals surface area (Å²) in [6.07, 6.45) is 6.19. The molecule has 1 saturated carbocycles. The maximum Gasteiger partial charge on any atom is 0.223 e. The SMILES string of the molecule is CSC1(CNC(=O)CCOc2ccc(N)cc2)CCC1. The first-order valence-corrected chi connectivity index (χ1v) is 8.16. The summed E-state index contributed by atoms with van der Waals surface area (Å²) in [6.45, 7) is 1.16. The molecular weight excluding hydrogens is 272 g/mol. The second kappa shape index (κ2) is 6.88. The fourth-order valence-corrected chi connectivity index (χ4v) is 3.11. The first kappa shape index (κ1) is 15.0. The van der Waals surface area contributed by atoms with Crippen LogP contribution in [0.15, 0.2) is 24.3 Å². The summed E-state index contributed by atoms with van der Waals surface area (Å²) in [4.78, 5) is 11.8. The van der Waals surface area contributed by atoms with Crippen LogP contribution < -0.4 is 15.8 Å². The monoisotopic (exact) mass is 294 g/mol. The highest BCUT2D eigenvalue weighted by Crippen LogP contribution is 2.42. The molecule has 0 spiro atoms. The third kappa shape index (κ3) is 4.07. The number of nitrogen functional groups attached to an aromatic ring is 1. The van der Waals surface area contributed by atoms with E-state index >= 15 is 0 Å². The van der Waals surface area contributed by atoms with Crippen LogP contribution in [0.5, 0.6) is 5.75 Å². The van der Waals surface area contributed by atoms with Crippen molar-refractivity contribution in [3.8, 4) is 5.75 Å². The van der Waals surface area contributed by atoms with E-state index in [4.69, 9.17) is 10.5 Å². The van der Waals surface area contributed by atoms with Gasteiger partial charge in [-0.2, -0.15) is 11.8 Å². The molecule has 1 aromatic carbocycles. The number of amides is 1. The summed E-state index contributed by atoms with van der Waals surface area (Å²) in [6, 6.07) is 7.19. The lowest BCUT2D eigenvalue weighted by Gasteiger charge is -2.40. The van der Waals surface area contributed by atoms with E-state index in [2.05, 4.69) is 11.6 Å². The zero-order valence-electron chi connectivity index (χ0n) is 11.9. The first-order chi connectivity index (χ1) is 9.63. The van der Waals surface area contributed by atoms with Crippen molar-refractivity contribution in [3.05, 3.63) is 24.3 Å². The smallest absolute Gasteiger partial charge is 0.223 e. The summed E-state index contributed by atoms with van der Waals surface area (Å²) in [5.41, 5.74) is 6.30. The van der Waals surface area contributed by atoms with Gasteiger partial charge in [0.1, 0.15) is 5.75 Å². The molecule has 0 atom stereocenters. The molecular formula is C15H22N2O2S. The van der Waals surface area contributed by atoms with Gasteiger partial charge in [-0.15, -0.1) is 0 Å². The van der Waals surface area contributed by atoms with E-state index in [1.54, 1.807) is 12.1 Å². The van der Waals surface area contributed by atoms with Crippen molar-refractivity contribution in [2.24, 2.45) is 0 Å². The van der Waals surface area contributed by atoms with Crippen LogP contribution in [0.25, 0.3) is 0 Å². The van der Waals surface area contributed by atoms with Gasteiger partial charge in [0, 0.05) is 17.0 Å². The molecule has 110 valence electrons. The summed E-state index contributed by atoms with van der Waals surface area (Å²) in [5.74, 6) is 0.798. The van der Waals surface area contributed by atoms with E-state index < -0.39 is 0 Å². The Bertz CT molecular complexity index is 438. The van der Waals surface area contributed by atoms with Gasteiger partial charge in [0.05, 0.1) is 13.0 Å². The van der Waals surface area contributed by atoms with Crippen molar-refractivity contribution in [2.45, 2.75) is 30.4 Å². The van der Waals surface area contributed by atoms with E-state index in [1.807, 2.05) is 23.9 Å². The second-order valence-corrected chi connectivity index (χ2v) is 6.46. The molecule has 0 aromatic heterocycles. The van der Waals surface area contributed by atoms with Gasteiger partial charge < -0.3 is 15.8 Å². The Hall–Kier alpha value is -1.36. The first-order valence-electron chi connectivity index (χ1n) is 6.94. The molecule has 1 aromatic rings. The van der Waals surface area contributed by atoms with Gasteiger partial charge in [-0.3, -0.25) is 4.79 Å². The van der Waals surface area contributed by atoms with Gasteiger partial charge in [-0.05, 0) is 43.4 Å². The lowest BCUT2D eigenvalue weighted by molar-refractivity contribution is -0.121. The number of rotatable bonds is 7. The van der Waals surface area contributed by atoms with Crippen LogP contribution in [0.4, 0.5) is 5.69 Å². The van der Waals surface area contributed by atoms with Crippen LogP contribution in [-0.2, 0) is 4.79 Å². The molecule has 1 fully saturated rings. The highest BCUT2D eigenvalue weighted by Gasteiger charge is 2.36. The molecule has 0 bridgehead atoms. The van der Waals surface area contributed by atoms with Crippen LogP contribution >= 0.6 is 11.8 Å². The zero-order chi connectivity index (χ0) is 14.4. The van der Waals surface area contributed by atoms with Gasteiger partial charge >= 0.3 is 0 Å². The Morgan fingerprint density at radius 1 is 1.40 bits per heavy atom. The summed E-state index contributed by atoms with van der Waals surface area (Å²) >= 11 is 1.87. The minimum Gasteiger partial charge on any atom is -0.493 e. The van der Waals surface area contributed by atoms with Gasteiger partial charge in [0.25, 0.3) is 0 Å². The lowest BCUT2D eigenvalue weighted by Crippen LogP contribution is -2.45. The third-order valence-electron chi connectivity index (χ3n) is 3.78. The number of carbonyl (C=O) groups is 1. The van der Waals surface area contributed by atoms with Crippen molar-refractivity contribution in [3.63, 3.8) is 0 Å². The number of anilines is 1. The van der Waals surface area contributed by atoms with Crippen LogP contribution in [-0.4, -0.2) is 30.1 Å². The predicted molar refractivity (Wildman–Crippen MR) is 84.1 cm³/mol. The fourth-order valence-electron chi connectivity index (χ4n) is 2.20. The minimum absolute atomic E-state index is 0.0563. The molecule has 1 aliphatic rings. The van der Waals surface area contributed by atoms with Crippen molar-refractivity contribution in [1.29, 1.82) is 0 Å². The summed E-state index contributed by atoms with van der Waals surface area (Å²) in [5, 5.41) is 3.01. The second-order valence-electron chi connectivity index (χ2n) is 5.18. The lowest BCUT2D eigenvalue weighted by atomic mass is 9.84. The van der Waals surface area contributed by atoms with E-state index in [-0.39, 0.29) is 10.7 Å². The van der Waals surface area contributed by atoms with Crippen LogP contribution in [0, 0.1) is 0 Å². The van der Waals surface area contributed by atoms with Crippen molar-refractivity contribution in [2.75, 3.05) is 25.1 Å². The maximum absolute atomic E-state index is 11.8. The van der Waals surface area contributed by atoms with Gasteiger partial charge in [0.2, 0.25) is 5.91 Å². The average Bonchev–Trinajstić information content (AvgIpc) is 2.40. The van der Waals surface area contributed by atoms with Crippen molar-refractivity contribution >= 4 is 23.4 Å². The number of carbonyl (C=O) groups excluding carboxylic acids is 1. The van der Waals surface area contributed by atoms with Crippen molar-refractivity contribution < 1.29 is 9.53 Å². The number of hydrogen-bond donors (Lipinski definition) is 2. The van der Waals surface area contributed by atoms with E-state index in [1.165, 1.54) is 19.3 Å². The van der Waals surface area contributed by atoms with Crippen LogP contribution in [0.3, 0.4) is 0 Å². The van der Waals surface area contributed by atoms with Gasteiger partial charge in [0.15, 0.2) is 0 Å². The normalized spacial score (nSPS) is 16.2. The Kier molecular flexibility index (Phi) is 5.17. The van der Waals surface area contributed by atoms with E-state index in [0.29, 0.717) is 18.7 Å². The molecule has 0 aliphatic heterocycles. The molecule has 1 amide bonds. The molecule has 5 heteroatoms. The molecule has 2 rings (SSSR count). The average molecular weight is 294 g/mol. The minimum atomic E-state index is 0.0563. The maximum atomic E-state index is 11.8.